The van der Waals surface area contributed by atoms with E-state index in [1.165, 1.54) is 17.0 Å². The fraction of sp³-hybridized carbons (Fsp3) is 0.0435. The van der Waals surface area contributed by atoms with E-state index in [2.05, 4.69) is 0 Å². The molecule has 3 aromatic carbocycles. The molecule has 0 spiro atoms. The summed E-state index contributed by atoms with van der Waals surface area (Å²) in [5.74, 6) is -2.65. The van der Waals surface area contributed by atoms with Crippen LogP contribution in [0.3, 0.4) is 0 Å². The van der Waals surface area contributed by atoms with E-state index in [1.807, 2.05) is 0 Å². The summed E-state index contributed by atoms with van der Waals surface area (Å²) in [6, 6.07) is 17.8. The highest BCUT2D eigenvalue weighted by molar-refractivity contribution is 6.51. The second-order valence-corrected chi connectivity index (χ2v) is 7.53. The molecule has 1 unspecified atom stereocenters. The number of hydrogen-bond acceptors (Lipinski definition) is 3. The summed E-state index contributed by atoms with van der Waals surface area (Å²) >= 11 is 11.9. The minimum Gasteiger partial charge on any atom is -0.507 e. The molecule has 0 radical (unpaired) electrons. The lowest BCUT2D eigenvalue weighted by Gasteiger charge is -2.25. The SMILES string of the molecule is O=C1C(=O)N(c2ccc(F)c(Cl)c2)C(c2ccc(Cl)cc2)/C1=C(\O)c1ccccc1. The predicted octanol–water partition coefficient (Wildman–Crippen LogP) is 5.76. The van der Waals surface area contributed by atoms with Crippen molar-refractivity contribution in [2.24, 2.45) is 0 Å². The van der Waals surface area contributed by atoms with Gasteiger partial charge >= 0.3 is 0 Å². The van der Waals surface area contributed by atoms with Crippen molar-refractivity contribution >= 4 is 46.3 Å². The molecular weight excluding hydrogens is 428 g/mol. The highest BCUT2D eigenvalue weighted by atomic mass is 35.5. The molecule has 1 amide bonds. The van der Waals surface area contributed by atoms with Crippen LogP contribution >= 0.6 is 23.2 Å². The molecule has 1 heterocycles. The summed E-state index contributed by atoms with van der Waals surface area (Å²) in [5.41, 5.74) is 1.10. The first-order valence-corrected chi connectivity index (χ1v) is 9.71. The van der Waals surface area contributed by atoms with E-state index in [0.29, 0.717) is 16.1 Å². The third kappa shape index (κ3) is 3.47. The lowest BCUT2D eigenvalue weighted by atomic mass is 9.95. The van der Waals surface area contributed by atoms with E-state index in [0.717, 1.165) is 6.07 Å². The summed E-state index contributed by atoms with van der Waals surface area (Å²) in [6.45, 7) is 0. The highest BCUT2D eigenvalue weighted by Gasteiger charge is 2.47. The van der Waals surface area contributed by atoms with Gasteiger partial charge in [-0.1, -0.05) is 65.7 Å². The maximum Gasteiger partial charge on any atom is 0.300 e. The van der Waals surface area contributed by atoms with E-state index in [4.69, 9.17) is 23.2 Å². The van der Waals surface area contributed by atoms with E-state index >= 15 is 0 Å². The van der Waals surface area contributed by atoms with Crippen LogP contribution in [0.2, 0.25) is 10.0 Å². The Hall–Kier alpha value is -3.15. The molecule has 3 aromatic rings. The van der Waals surface area contributed by atoms with Gasteiger partial charge in [-0.25, -0.2) is 4.39 Å². The minimum atomic E-state index is -0.941. The lowest BCUT2D eigenvalue weighted by Crippen LogP contribution is -2.29. The fourth-order valence-corrected chi connectivity index (χ4v) is 3.75. The van der Waals surface area contributed by atoms with Crippen LogP contribution in [0.5, 0.6) is 0 Å². The Morgan fingerprint density at radius 3 is 2.23 bits per heavy atom. The zero-order chi connectivity index (χ0) is 21.4. The maximum absolute atomic E-state index is 13.7. The van der Waals surface area contributed by atoms with Crippen molar-refractivity contribution in [2.45, 2.75) is 6.04 Å². The number of aliphatic hydroxyl groups excluding tert-OH is 1. The molecule has 0 aromatic heterocycles. The molecule has 4 rings (SSSR count). The number of aliphatic hydroxyl groups is 1. The van der Waals surface area contributed by atoms with Crippen molar-refractivity contribution in [1.29, 1.82) is 0 Å². The lowest BCUT2D eigenvalue weighted by molar-refractivity contribution is -0.132. The summed E-state index contributed by atoms with van der Waals surface area (Å²) in [6.07, 6.45) is 0. The number of amides is 1. The van der Waals surface area contributed by atoms with Gasteiger partial charge in [0.2, 0.25) is 0 Å². The Labute approximate surface area is 181 Å². The van der Waals surface area contributed by atoms with Gasteiger partial charge in [-0.05, 0) is 35.9 Å². The molecule has 1 aliphatic rings. The average Bonchev–Trinajstić information content (AvgIpc) is 3.01. The molecule has 30 heavy (non-hydrogen) atoms. The molecule has 1 N–H and O–H groups in total. The van der Waals surface area contributed by atoms with Gasteiger partial charge in [0.15, 0.2) is 0 Å². The van der Waals surface area contributed by atoms with Crippen LogP contribution in [0.4, 0.5) is 10.1 Å². The molecule has 1 saturated heterocycles. The fourth-order valence-electron chi connectivity index (χ4n) is 3.45. The quantitative estimate of drug-likeness (QED) is 0.319. The van der Waals surface area contributed by atoms with Crippen molar-refractivity contribution in [3.05, 3.63) is 105 Å². The van der Waals surface area contributed by atoms with Crippen molar-refractivity contribution < 1.29 is 19.1 Å². The molecule has 150 valence electrons. The predicted molar refractivity (Wildman–Crippen MR) is 114 cm³/mol. The first kappa shape index (κ1) is 20.1. The molecule has 1 aliphatic heterocycles. The van der Waals surface area contributed by atoms with Crippen LogP contribution in [0, 0.1) is 5.82 Å². The number of carbonyl (C=O) groups excluding carboxylic acids is 2. The number of rotatable bonds is 3. The topological polar surface area (TPSA) is 57.6 Å². The Bertz CT molecular complexity index is 1180. The highest BCUT2D eigenvalue weighted by Crippen LogP contribution is 2.43. The standard InChI is InChI=1S/C23H14Cl2FNO3/c24-15-8-6-13(7-9-15)20-19(21(28)14-4-2-1-3-5-14)22(29)23(30)27(20)16-10-11-18(26)17(25)12-16/h1-12,20,28H/b21-19+. The Balaban J connectivity index is 1.95. The summed E-state index contributed by atoms with van der Waals surface area (Å²) in [7, 11) is 0. The van der Waals surface area contributed by atoms with Crippen LogP contribution < -0.4 is 4.90 Å². The largest absolute Gasteiger partial charge is 0.507 e. The third-order valence-electron chi connectivity index (χ3n) is 4.86. The van der Waals surface area contributed by atoms with Gasteiger partial charge < -0.3 is 5.11 Å². The van der Waals surface area contributed by atoms with Crippen molar-refractivity contribution in [1.82, 2.24) is 0 Å². The van der Waals surface area contributed by atoms with Crippen LogP contribution in [-0.2, 0) is 9.59 Å². The second-order valence-electron chi connectivity index (χ2n) is 6.69. The molecule has 7 heteroatoms. The van der Waals surface area contributed by atoms with Gasteiger partial charge in [0.05, 0.1) is 16.6 Å². The van der Waals surface area contributed by atoms with Crippen LogP contribution in [0.15, 0.2) is 78.4 Å². The number of hydrogen-bond donors (Lipinski definition) is 1. The van der Waals surface area contributed by atoms with E-state index in [1.54, 1.807) is 54.6 Å². The number of nitrogens with zero attached hydrogens (tertiary/aromatic N) is 1. The van der Waals surface area contributed by atoms with Crippen LogP contribution in [-0.4, -0.2) is 16.8 Å². The van der Waals surface area contributed by atoms with Gasteiger partial charge in [0.1, 0.15) is 11.6 Å². The van der Waals surface area contributed by atoms with Gasteiger partial charge in [-0.15, -0.1) is 0 Å². The van der Waals surface area contributed by atoms with Gasteiger partial charge in [0, 0.05) is 16.3 Å². The Kier molecular flexibility index (Phi) is 5.33. The maximum atomic E-state index is 13.7. The van der Waals surface area contributed by atoms with E-state index < -0.39 is 23.5 Å². The monoisotopic (exact) mass is 441 g/mol. The van der Waals surface area contributed by atoms with Crippen LogP contribution in [0.1, 0.15) is 17.2 Å². The zero-order valence-electron chi connectivity index (χ0n) is 15.4. The minimum absolute atomic E-state index is 0.0750. The number of anilines is 1. The van der Waals surface area contributed by atoms with Gasteiger partial charge in [-0.2, -0.15) is 0 Å². The summed E-state index contributed by atoms with van der Waals surface area (Å²) in [5, 5.41) is 11.2. The van der Waals surface area contributed by atoms with Gasteiger partial charge in [0.25, 0.3) is 11.7 Å². The first-order valence-electron chi connectivity index (χ1n) is 8.95. The number of carbonyl (C=O) groups is 2. The van der Waals surface area contributed by atoms with E-state index in [9.17, 15) is 19.1 Å². The molecule has 1 atom stereocenters. The number of Topliss-reactive ketones (excluding diaryl/α,β-unsaturated/α-hetero) is 1. The molecule has 0 bridgehead atoms. The zero-order valence-corrected chi connectivity index (χ0v) is 16.9. The number of ketones is 1. The molecule has 0 aliphatic carbocycles. The van der Waals surface area contributed by atoms with Gasteiger partial charge in [-0.3, -0.25) is 14.5 Å². The normalized spacial score (nSPS) is 18.1. The van der Waals surface area contributed by atoms with Crippen LogP contribution in [0.25, 0.3) is 5.76 Å². The second kappa shape index (κ2) is 7.94. The van der Waals surface area contributed by atoms with Crippen molar-refractivity contribution in [3.63, 3.8) is 0 Å². The Morgan fingerprint density at radius 1 is 0.933 bits per heavy atom. The number of benzene rings is 3. The Morgan fingerprint density at radius 2 is 1.60 bits per heavy atom. The molecule has 4 nitrogen and oxygen atoms in total. The average molecular weight is 442 g/mol. The summed E-state index contributed by atoms with van der Waals surface area (Å²) in [4.78, 5) is 27.1. The molecule has 0 saturated carbocycles. The van der Waals surface area contributed by atoms with E-state index in [-0.39, 0.29) is 22.0 Å². The van der Waals surface area contributed by atoms with Crippen molar-refractivity contribution in [3.8, 4) is 0 Å². The summed E-state index contributed by atoms with van der Waals surface area (Å²) < 4.78 is 13.7. The number of halogens is 3. The molecule has 1 fully saturated rings. The first-order chi connectivity index (χ1) is 14.4. The third-order valence-corrected chi connectivity index (χ3v) is 5.40. The van der Waals surface area contributed by atoms with Crippen molar-refractivity contribution in [2.75, 3.05) is 4.90 Å². The molecular formula is C23H14Cl2FNO3. The smallest absolute Gasteiger partial charge is 0.300 e.